The molecule has 1 aromatic heterocycles. The highest BCUT2D eigenvalue weighted by Crippen LogP contribution is 2.31. The molecule has 7 nitrogen and oxygen atoms in total. The fourth-order valence-corrected chi connectivity index (χ4v) is 6.08. The number of carbonyl (C=O) groups excluding carboxylic acids is 3. The van der Waals surface area contributed by atoms with Gasteiger partial charge in [0.05, 0.1) is 23.4 Å². The lowest BCUT2D eigenvalue weighted by Crippen LogP contribution is -2.34. The van der Waals surface area contributed by atoms with Gasteiger partial charge in [0, 0.05) is 6.20 Å². The van der Waals surface area contributed by atoms with Crippen LogP contribution < -0.4 is 10.6 Å². The number of aryl methyl sites for hydroxylation is 2. The second kappa shape index (κ2) is 12.3. The molecule has 0 bridgehead atoms. The summed E-state index contributed by atoms with van der Waals surface area (Å²) in [4.78, 5) is 42.4. The van der Waals surface area contributed by atoms with Crippen molar-refractivity contribution in [3.63, 3.8) is 0 Å². The van der Waals surface area contributed by atoms with Gasteiger partial charge in [0.25, 0.3) is 5.91 Å². The van der Waals surface area contributed by atoms with Crippen LogP contribution in [0.25, 0.3) is 0 Å². The zero-order valence-electron chi connectivity index (χ0n) is 21.2. The summed E-state index contributed by atoms with van der Waals surface area (Å²) in [5, 5.41) is 6.52. The van der Waals surface area contributed by atoms with Crippen LogP contribution in [0.15, 0.2) is 71.9 Å². The van der Waals surface area contributed by atoms with E-state index in [1.165, 1.54) is 28.5 Å². The molecule has 3 aromatic rings. The third kappa shape index (κ3) is 6.25. The van der Waals surface area contributed by atoms with Crippen LogP contribution in [0.1, 0.15) is 70.4 Å². The van der Waals surface area contributed by atoms with Gasteiger partial charge in [-0.1, -0.05) is 60.3 Å². The van der Waals surface area contributed by atoms with E-state index < -0.39 is 5.97 Å². The van der Waals surface area contributed by atoms with Crippen LogP contribution in [0, 0.1) is 0 Å². The fourth-order valence-electron chi connectivity index (χ4n) is 5.28. The molecule has 2 aromatic carbocycles. The Kier molecular flexibility index (Phi) is 8.38. The molecular weight excluding hydrogens is 498 g/mol. The predicted octanol–water partition coefficient (Wildman–Crippen LogP) is 4.72. The Morgan fingerprint density at radius 3 is 2.08 bits per heavy atom. The van der Waals surface area contributed by atoms with E-state index >= 15 is 0 Å². The van der Waals surface area contributed by atoms with Crippen molar-refractivity contribution in [1.82, 2.24) is 15.6 Å². The molecule has 2 N–H and O–H groups in total. The highest BCUT2D eigenvalue weighted by atomic mass is 32.2. The average Bonchev–Trinajstić information content (AvgIpc) is 2.95. The summed E-state index contributed by atoms with van der Waals surface area (Å²) < 4.78 is 5.32. The number of thioether (sulfide) groups is 1. The molecule has 2 aliphatic carbocycles. The van der Waals surface area contributed by atoms with Gasteiger partial charge in [0.1, 0.15) is 5.03 Å². The van der Waals surface area contributed by atoms with Gasteiger partial charge >= 0.3 is 5.97 Å². The normalized spacial score (nSPS) is 18.0. The fraction of sp³-hybridized carbons (Fsp3) is 0.333. The molecular formula is C30H31N3O4S. The van der Waals surface area contributed by atoms with Gasteiger partial charge in [-0.25, -0.2) is 9.78 Å². The third-order valence-corrected chi connectivity index (χ3v) is 8.08. The topological polar surface area (TPSA) is 97.4 Å². The van der Waals surface area contributed by atoms with Crippen LogP contribution in [0.3, 0.4) is 0 Å². The Labute approximate surface area is 226 Å². The average molecular weight is 530 g/mol. The van der Waals surface area contributed by atoms with Crippen molar-refractivity contribution in [1.29, 1.82) is 0 Å². The number of fused-ring (bicyclic) bond motifs is 2. The third-order valence-electron chi connectivity index (χ3n) is 7.07. The minimum absolute atomic E-state index is 0.00383. The first-order chi connectivity index (χ1) is 18.6. The first kappa shape index (κ1) is 26.0. The van der Waals surface area contributed by atoms with Crippen molar-refractivity contribution in [3.05, 3.63) is 94.7 Å². The van der Waals surface area contributed by atoms with Crippen molar-refractivity contribution in [2.45, 2.75) is 55.6 Å². The number of amides is 2. The number of carbonyl (C=O) groups is 3. The number of hydrogen-bond donors (Lipinski definition) is 2. The van der Waals surface area contributed by atoms with Gasteiger partial charge in [0.15, 0.2) is 6.61 Å². The monoisotopic (exact) mass is 529 g/mol. The minimum Gasteiger partial charge on any atom is -0.452 e. The van der Waals surface area contributed by atoms with Crippen molar-refractivity contribution in [2.24, 2.45) is 0 Å². The van der Waals surface area contributed by atoms with Gasteiger partial charge in [-0.15, -0.1) is 0 Å². The zero-order chi connectivity index (χ0) is 26.3. The quantitative estimate of drug-likeness (QED) is 0.324. The standard InChI is InChI=1S/C30H31N3O4S/c34-27(32-25-15-5-10-20-8-1-3-12-22(20)25)18-37-30(36)24-14-7-17-31-29(24)38-19-28(35)33-26-16-6-11-21-9-2-4-13-23(21)26/h1-4,7-9,12-14,17,25-26H,5-6,10-11,15-16,18-19H2,(H,32,34)(H,33,35)/t25-,26-/m0/s1. The highest BCUT2D eigenvalue weighted by Gasteiger charge is 2.24. The predicted molar refractivity (Wildman–Crippen MR) is 146 cm³/mol. The van der Waals surface area contributed by atoms with E-state index in [0.717, 1.165) is 44.1 Å². The number of nitrogens with one attached hydrogen (secondary N) is 2. The number of pyridine rings is 1. The minimum atomic E-state index is -0.638. The summed E-state index contributed by atoms with van der Waals surface area (Å²) in [7, 11) is 0. The van der Waals surface area contributed by atoms with Gasteiger partial charge in [-0.2, -0.15) is 0 Å². The van der Waals surface area contributed by atoms with Crippen molar-refractivity contribution < 1.29 is 19.1 Å². The van der Waals surface area contributed by atoms with E-state index in [4.69, 9.17) is 4.74 Å². The lowest BCUT2D eigenvalue weighted by molar-refractivity contribution is -0.125. The van der Waals surface area contributed by atoms with Crippen molar-refractivity contribution in [3.8, 4) is 0 Å². The maximum Gasteiger partial charge on any atom is 0.341 e. The van der Waals surface area contributed by atoms with Crippen LogP contribution in [0.5, 0.6) is 0 Å². The second-order valence-corrected chi connectivity index (χ2v) is 10.6. The molecule has 0 saturated heterocycles. The SMILES string of the molecule is O=C(COC(=O)c1cccnc1SCC(=O)N[C@H]1CCCc2ccccc21)N[C@H]1CCCc2ccccc21. The summed E-state index contributed by atoms with van der Waals surface area (Å²) in [5.74, 6) is -0.974. The van der Waals surface area contributed by atoms with E-state index in [1.54, 1.807) is 18.3 Å². The molecule has 0 aliphatic heterocycles. The van der Waals surface area contributed by atoms with Gasteiger partial charge in [-0.05, 0) is 72.9 Å². The zero-order valence-corrected chi connectivity index (χ0v) is 22.0. The molecule has 38 heavy (non-hydrogen) atoms. The Bertz CT molecular complexity index is 1330. The molecule has 2 amide bonds. The molecule has 0 fully saturated rings. The summed E-state index contributed by atoms with van der Waals surface area (Å²) >= 11 is 1.18. The largest absolute Gasteiger partial charge is 0.452 e. The van der Waals surface area contributed by atoms with Crippen LogP contribution >= 0.6 is 11.8 Å². The summed E-state index contributed by atoms with van der Waals surface area (Å²) in [5.41, 5.74) is 5.07. The highest BCUT2D eigenvalue weighted by molar-refractivity contribution is 8.00. The number of hydrogen-bond acceptors (Lipinski definition) is 6. The molecule has 5 rings (SSSR count). The number of benzene rings is 2. The molecule has 2 atom stereocenters. The number of nitrogens with zero attached hydrogens (tertiary/aromatic N) is 1. The van der Waals surface area contributed by atoms with Crippen LogP contribution in [-0.4, -0.2) is 35.1 Å². The first-order valence-corrected chi connectivity index (χ1v) is 14.1. The maximum absolute atomic E-state index is 12.8. The van der Waals surface area contributed by atoms with Gasteiger partial charge in [-0.3, -0.25) is 9.59 Å². The lowest BCUT2D eigenvalue weighted by atomic mass is 9.88. The Hall–Kier alpha value is -3.65. The summed E-state index contributed by atoms with van der Waals surface area (Å²) in [6.45, 7) is -0.377. The summed E-state index contributed by atoms with van der Waals surface area (Å²) in [6.07, 6.45) is 7.40. The van der Waals surface area contributed by atoms with E-state index in [1.807, 2.05) is 30.3 Å². The number of rotatable bonds is 8. The number of ether oxygens (including phenoxy) is 1. The van der Waals surface area contributed by atoms with E-state index in [2.05, 4.69) is 33.8 Å². The van der Waals surface area contributed by atoms with E-state index in [0.29, 0.717) is 5.03 Å². The molecule has 0 unspecified atom stereocenters. The Morgan fingerprint density at radius 2 is 1.42 bits per heavy atom. The van der Waals surface area contributed by atoms with E-state index in [9.17, 15) is 14.4 Å². The molecule has 2 aliphatic rings. The van der Waals surface area contributed by atoms with Crippen molar-refractivity contribution in [2.75, 3.05) is 12.4 Å². The van der Waals surface area contributed by atoms with Gasteiger partial charge < -0.3 is 15.4 Å². The van der Waals surface area contributed by atoms with Crippen LogP contribution in [0.2, 0.25) is 0 Å². The van der Waals surface area contributed by atoms with Gasteiger partial charge in [0.2, 0.25) is 5.91 Å². The Morgan fingerprint density at radius 1 is 0.816 bits per heavy atom. The van der Waals surface area contributed by atoms with Crippen molar-refractivity contribution >= 4 is 29.5 Å². The molecule has 0 radical (unpaired) electrons. The summed E-state index contributed by atoms with van der Waals surface area (Å²) in [6, 6.07) is 19.5. The Balaban J connectivity index is 1.13. The number of aromatic nitrogens is 1. The van der Waals surface area contributed by atoms with E-state index in [-0.39, 0.29) is 41.8 Å². The van der Waals surface area contributed by atoms with Crippen LogP contribution in [-0.2, 0) is 27.2 Å². The lowest BCUT2D eigenvalue weighted by Gasteiger charge is -2.26. The molecule has 0 spiro atoms. The maximum atomic E-state index is 12.8. The molecule has 196 valence electrons. The second-order valence-electron chi connectivity index (χ2n) is 9.64. The molecule has 0 saturated carbocycles. The molecule has 1 heterocycles. The van der Waals surface area contributed by atoms with Crippen LogP contribution in [0.4, 0.5) is 0 Å². The first-order valence-electron chi connectivity index (χ1n) is 13.1. The molecule has 8 heteroatoms. The smallest absolute Gasteiger partial charge is 0.341 e. The number of esters is 1.